The number of pyridine rings is 1. The summed E-state index contributed by atoms with van der Waals surface area (Å²) in [5.74, 6) is -0.818. The van der Waals surface area contributed by atoms with E-state index in [1.165, 1.54) is 0 Å². The van der Waals surface area contributed by atoms with Crippen molar-refractivity contribution in [3.8, 4) is 0 Å². The highest BCUT2D eigenvalue weighted by Gasteiger charge is 2.16. The lowest BCUT2D eigenvalue weighted by atomic mass is 9.98. The lowest BCUT2D eigenvalue weighted by Gasteiger charge is -2.09. The predicted molar refractivity (Wildman–Crippen MR) is 90.5 cm³/mol. The van der Waals surface area contributed by atoms with Gasteiger partial charge in [-0.25, -0.2) is 9.78 Å². The van der Waals surface area contributed by atoms with Crippen LogP contribution >= 0.6 is 0 Å². The van der Waals surface area contributed by atoms with E-state index in [1.54, 1.807) is 22.9 Å². The first-order valence-corrected chi connectivity index (χ1v) is 7.67. The molecule has 0 bridgehead atoms. The number of esters is 1. The summed E-state index contributed by atoms with van der Waals surface area (Å²) in [6, 6.07) is 9.28. The number of nitrogens with zero attached hydrogens (tertiary/aromatic N) is 2. The van der Waals surface area contributed by atoms with Crippen molar-refractivity contribution in [2.45, 2.75) is 20.8 Å². The molecule has 0 aliphatic rings. The maximum atomic E-state index is 12.3. The molecular formula is C19H18N2O3. The van der Waals surface area contributed by atoms with Crippen molar-refractivity contribution in [3.63, 3.8) is 0 Å². The average molecular weight is 322 g/mol. The minimum atomic E-state index is -0.603. The molecule has 0 saturated heterocycles. The smallest absolute Gasteiger partial charge is 0.359 e. The molecule has 0 fully saturated rings. The lowest BCUT2D eigenvalue weighted by Crippen LogP contribution is -2.15. The van der Waals surface area contributed by atoms with Gasteiger partial charge in [0.15, 0.2) is 12.3 Å². The number of aryl methyl sites for hydroxylation is 3. The van der Waals surface area contributed by atoms with E-state index in [4.69, 9.17) is 4.74 Å². The molecule has 0 amide bonds. The van der Waals surface area contributed by atoms with Gasteiger partial charge in [-0.05, 0) is 55.7 Å². The van der Waals surface area contributed by atoms with Crippen molar-refractivity contribution < 1.29 is 14.3 Å². The van der Waals surface area contributed by atoms with E-state index in [1.807, 2.05) is 45.0 Å². The second-order valence-electron chi connectivity index (χ2n) is 5.84. The highest BCUT2D eigenvalue weighted by molar-refractivity contribution is 6.00. The number of fused-ring (bicyclic) bond motifs is 1. The first-order chi connectivity index (χ1) is 11.5. The van der Waals surface area contributed by atoms with Crippen LogP contribution in [0.3, 0.4) is 0 Å². The van der Waals surface area contributed by atoms with Crippen LogP contribution in [0.2, 0.25) is 0 Å². The summed E-state index contributed by atoms with van der Waals surface area (Å²) >= 11 is 0. The Bertz CT molecular complexity index is 908. The molecule has 2 heterocycles. The van der Waals surface area contributed by atoms with Crippen molar-refractivity contribution >= 4 is 17.4 Å². The van der Waals surface area contributed by atoms with Crippen molar-refractivity contribution in [1.82, 2.24) is 9.38 Å². The highest BCUT2D eigenvalue weighted by Crippen LogP contribution is 2.16. The van der Waals surface area contributed by atoms with Crippen LogP contribution in [-0.4, -0.2) is 27.7 Å². The zero-order valence-corrected chi connectivity index (χ0v) is 13.9. The van der Waals surface area contributed by atoms with Gasteiger partial charge in [0.05, 0.1) is 0 Å². The summed E-state index contributed by atoms with van der Waals surface area (Å²) in [7, 11) is 0. The predicted octanol–water partition coefficient (Wildman–Crippen LogP) is 3.30. The van der Waals surface area contributed by atoms with Crippen LogP contribution in [0.15, 0.2) is 42.7 Å². The number of carbonyl (C=O) groups excluding carboxylic acids is 2. The Morgan fingerprint density at radius 1 is 1.08 bits per heavy atom. The normalized spacial score (nSPS) is 10.8. The Morgan fingerprint density at radius 2 is 1.83 bits per heavy atom. The van der Waals surface area contributed by atoms with Gasteiger partial charge >= 0.3 is 5.97 Å². The van der Waals surface area contributed by atoms with Gasteiger partial charge in [-0.2, -0.15) is 0 Å². The quantitative estimate of drug-likeness (QED) is 0.546. The molecule has 1 aromatic carbocycles. The molecule has 0 radical (unpaired) electrons. The van der Waals surface area contributed by atoms with E-state index in [9.17, 15) is 9.59 Å². The van der Waals surface area contributed by atoms with E-state index in [-0.39, 0.29) is 18.1 Å². The van der Waals surface area contributed by atoms with Crippen molar-refractivity contribution in [3.05, 3.63) is 70.7 Å². The summed E-state index contributed by atoms with van der Waals surface area (Å²) in [5.41, 5.74) is 4.47. The van der Waals surface area contributed by atoms with Crippen molar-refractivity contribution in [2.75, 3.05) is 6.61 Å². The minimum Gasteiger partial charge on any atom is -0.453 e. The molecular weight excluding hydrogens is 304 g/mol. The van der Waals surface area contributed by atoms with Crippen LogP contribution in [0.5, 0.6) is 0 Å². The van der Waals surface area contributed by atoms with E-state index < -0.39 is 5.97 Å². The van der Waals surface area contributed by atoms with E-state index in [0.717, 1.165) is 16.7 Å². The van der Waals surface area contributed by atoms with E-state index in [0.29, 0.717) is 11.2 Å². The molecule has 24 heavy (non-hydrogen) atoms. The van der Waals surface area contributed by atoms with Crippen molar-refractivity contribution in [1.29, 1.82) is 0 Å². The summed E-state index contributed by atoms with van der Waals surface area (Å²) in [6.07, 6.45) is 3.38. The van der Waals surface area contributed by atoms with Gasteiger partial charge in [-0.1, -0.05) is 12.1 Å². The third-order valence-corrected chi connectivity index (χ3v) is 4.05. The third-order valence-electron chi connectivity index (χ3n) is 4.05. The van der Waals surface area contributed by atoms with Crippen LogP contribution in [0.1, 0.15) is 37.5 Å². The van der Waals surface area contributed by atoms with Gasteiger partial charge in [-0.15, -0.1) is 0 Å². The SMILES string of the molecule is Cc1cc(C)c(C(=O)COC(=O)c2cn3ccccc3n2)cc1C. The standard InChI is InChI=1S/C19H18N2O3/c1-12-8-14(3)15(9-13(12)2)17(22)11-24-19(23)16-10-21-7-5-4-6-18(21)20-16/h4-10H,11H2,1-3H3. The van der Waals surface area contributed by atoms with Crippen molar-refractivity contribution in [2.24, 2.45) is 0 Å². The van der Waals surface area contributed by atoms with Crippen LogP contribution in [-0.2, 0) is 4.74 Å². The second-order valence-corrected chi connectivity index (χ2v) is 5.84. The fourth-order valence-corrected chi connectivity index (χ4v) is 2.58. The lowest BCUT2D eigenvalue weighted by molar-refractivity contribution is 0.0469. The van der Waals surface area contributed by atoms with Gasteiger partial charge < -0.3 is 9.14 Å². The third kappa shape index (κ3) is 3.06. The van der Waals surface area contributed by atoms with Crippen LogP contribution in [0, 0.1) is 20.8 Å². The minimum absolute atomic E-state index is 0.186. The number of ether oxygens (including phenoxy) is 1. The molecule has 0 saturated carbocycles. The van der Waals surface area contributed by atoms with E-state index >= 15 is 0 Å². The highest BCUT2D eigenvalue weighted by atomic mass is 16.5. The molecule has 0 spiro atoms. The topological polar surface area (TPSA) is 60.7 Å². The first kappa shape index (κ1) is 15.9. The van der Waals surface area contributed by atoms with Gasteiger partial charge in [0.2, 0.25) is 5.78 Å². The Labute approximate surface area is 139 Å². The Hall–Kier alpha value is -2.95. The molecule has 122 valence electrons. The van der Waals surface area contributed by atoms with Gasteiger partial charge in [0.25, 0.3) is 0 Å². The first-order valence-electron chi connectivity index (χ1n) is 7.67. The molecule has 2 aromatic heterocycles. The number of hydrogen-bond donors (Lipinski definition) is 0. The number of hydrogen-bond acceptors (Lipinski definition) is 4. The van der Waals surface area contributed by atoms with Crippen LogP contribution in [0.4, 0.5) is 0 Å². The second kappa shape index (κ2) is 6.28. The summed E-state index contributed by atoms with van der Waals surface area (Å²) in [4.78, 5) is 28.6. The maximum Gasteiger partial charge on any atom is 0.359 e. The van der Waals surface area contributed by atoms with Gasteiger partial charge in [0, 0.05) is 18.0 Å². The number of aromatic nitrogens is 2. The molecule has 0 N–H and O–H groups in total. The average Bonchev–Trinajstić information content (AvgIpc) is 2.99. The van der Waals surface area contributed by atoms with Crippen LogP contribution < -0.4 is 0 Å². The summed E-state index contributed by atoms with van der Waals surface area (Å²) < 4.78 is 6.86. The number of Topliss-reactive ketones (excluding diaryl/α,β-unsaturated/α-hetero) is 1. The fourth-order valence-electron chi connectivity index (χ4n) is 2.58. The van der Waals surface area contributed by atoms with Gasteiger partial charge in [-0.3, -0.25) is 4.79 Å². The maximum absolute atomic E-state index is 12.3. The molecule has 3 rings (SSSR count). The molecule has 0 unspecified atom stereocenters. The zero-order chi connectivity index (χ0) is 17.3. The molecule has 0 atom stereocenters. The number of benzene rings is 1. The summed E-state index contributed by atoms with van der Waals surface area (Å²) in [6.45, 7) is 5.54. The summed E-state index contributed by atoms with van der Waals surface area (Å²) in [5, 5.41) is 0. The fraction of sp³-hybridized carbons (Fsp3) is 0.211. The molecule has 3 aromatic rings. The monoisotopic (exact) mass is 322 g/mol. The molecule has 0 aliphatic carbocycles. The molecule has 0 aliphatic heterocycles. The molecule has 5 nitrogen and oxygen atoms in total. The Morgan fingerprint density at radius 3 is 2.58 bits per heavy atom. The molecule has 5 heteroatoms. The largest absolute Gasteiger partial charge is 0.453 e. The van der Waals surface area contributed by atoms with Crippen LogP contribution in [0.25, 0.3) is 5.65 Å². The number of rotatable bonds is 4. The van der Waals surface area contributed by atoms with E-state index in [2.05, 4.69) is 4.98 Å². The Balaban J connectivity index is 1.72. The number of imidazole rings is 1. The number of carbonyl (C=O) groups is 2. The Kier molecular flexibility index (Phi) is 4.16. The zero-order valence-electron chi connectivity index (χ0n) is 13.9. The van der Waals surface area contributed by atoms with Gasteiger partial charge in [0.1, 0.15) is 5.65 Å². The number of ketones is 1.